The van der Waals surface area contributed by atoms with Crippen LogP contribution in [0.1, 0.15) is 18.2 Å². The molecule has 1 heterocycles. The number of anilines is 1. The number of aryl methyl sites for hydroxylation is 1. The number of amides is 2. The van der Waals surface area contributed by atoms with Crippen molar-refractivity contribution in [3.8, 4) is 0 Å². The number of carbonyl (C=O) groups excluding carboxylic acids is 2. The van der Waals surface area contributed by atoms with E-state index in [2.05, 4.69) is 5.32 Å². The normalized spacial score (nSPS) is 10.3. The molecule has 1 N–H and O–H groups in total. The third kappa shape index (κ3) is 4.11. The van der Waals surface area contributed by atoms with Gasteiger partial charge in [0.15, 0.2) is 0 Å². The summed E-state index contributed by atoms with van der Waals surface area (Å²) < 4.78 is 5.14. The summed E-state index contributed by atoms with van der Waals surface area (Å²) in [5.74, 6) is 0.150. The molecule has 5 nitrogen and oxygen atoms in total. The highest BCUT2D eigenvalue weighted by molar-refractivity contribution is 6.31. The summed E-state index contributed by atoms with van der Waals surface area (Å²) in [6.07, 6.45) is 1.54. The SMILES string of the molecule is CC(=O)N(CC(=O)NCc1ccco1)c1ccc(C)c(Cl)c1. The average Bonchev–Trinajstić information content (AvgIpc) is 2.98. The highest BCUT2D eigenvalue weighted by Gasteiger charge is 2.16. The number of rotatable bonds is 5. The standard InChI is InChI=1S/C16H17ClN2O3/c1-11-5-6-13(8-15(11)17)19(12(2)20)10-16(21)18-9-14-4-3-7-22-14/h3-8H,9-10H2,1-2H3,(H,18,21). The van der Waals surface area contributed by atoms with Crippen LogP contribution in [-0.2, 0) is 16.1 Å². The molecule has 22 heavy (non-hydrogen) atoms. The Kier molecular flexibility index (Phi) is 5.22. The largest absolute Gasteiger partial charge is 0.467 e. The van der Waals surface area contributed by atoms with Crippen LogP contribution in [-0.4, -0.2) is 18.4 Å². The number of halogens is 1. The van der Waals surface area contributed by atoms with Gasteiger partial charge in [0.25, 0.3) is 0 Å². The maximum Gasteiger partial charge on any atom is 0.240 e. The smallest absolute Gasteiger partial charge is 0.240 e. The molecule has 0 aliphatic rings. The van der Waals surface area contributed by atoms with Gasteiger partial charge < -0.3 is 14.6 Å². The molecule has 0 fully saturated rings. The lowest BCUT2D eigenvalue weighted by atomic mass is 10.2. The van der Waals surface area contributed by atoms with Gasteiger partial charge in [0.05, 0.1) is 12.8 Å². The van der Waals surface area contributed by atoms with Gasteiger partial charge in [0.1, 0.15) is 12.3 Å². The molecule has 2 rings (SSSR count). The van der Waals surface area contributed by atoms with Crippen molar-refractivity contribution in [1.82, 2.24) is 5.32 Å². The van der Waals surface area contributed by atoms with Crippen LogP contribution in [0.25, 0.3) is 0 Å². The van der Waals surface area contributed by atoms with Gasteiger partial charge in [-0.15, -0.1) is 0 Å². The summed E-state index contributed by atoms with van der Waals surface area (Å²) in [5.41, 5.74) is 1.51. The highest BCUT2D eigenvalue weighted by atomic mass is 35.5. The number of hydrogen-bond donors (Lipinski definition) is 1. The fraction of sp³-hybridized carbons (Fsp3) is 0.250. The van der Waals surface area contributed by atoms with Gasteiger partial charge in [-0.25, -0.2) is 0 Å². The van der Waals surface area contributed by atoms with Crippen molar-refractivity contribution in [2.45, 2.75) is 20.4 Å². The van der Waals surface area contributed by atoms with Crippen molar-refractivity contribution in [1.29, 1.82) is 0 Å². The van der Waals surface area contributed by atoms with Crippen LogP contribution in [0.5, 0.6) is 0 Å². The number of benzene rings is 1. The third-order valence-electron chi connectivity index (χ3n) is 3.19. The minimum Gasteiger partial charge on any atom is -0.467 e. The first-order chi connectivity index (χ1) is 10.5. The second-order valence-electron chi connectivity index (χ2n) is 4.89. The molecule has 0 aliphatic heterocycles. The Labute approximate surface area is 133 Å². The fourth-order valence-corrected chi connectivity index (χ4v) is 2.11. The van der Waals surface area contributed by atoms with E-state index in [0.29, 0.717) is 16.5 Å². The first-order valence-electron chi connectivity index (χ1n) is 6.80. The predicted octanol–water partition coefficient (Wildman–Crippen LogP) is 2.91. The molecule has 6 heteroatoms. The van der Waals surface area contributed by atoms with Gasteiger partial charge in [0.2, 0.25) is 11.8 Å². The Balaban J connectivity index is 2.03. The molecule has 0 saturated carbocycles. The molecule has 0 saturated heterocycles. The molecule has 2 aromatic rings. The van der Waals surface area contributed by atoms with Crippen molar-refractivity contribution in [2.24, 2.45) is 0 Å². The zero-order valence-electron chi connectivity index (χ0n) is 12.4. The average molecular weight is 321 g/mol. The van der Waals surface area contributed by atoms with E-state index in [0.717, 1.165) is 5.56 Å². The summed E-state index contributed by atoms with van der Waals surface area (Å²) in [4.78, 5) is 25.2. The number of hydrogen-bond acceptors (Lipinski definition) is 3. The Bertz CT molecular complexity index is 668. The summed E-state index contributed by atoms with van der Waals surface area (Å²) in [7, 11) is 0. The maximum atomic E-state index is 12.0. The van der Waals surface area contributed by atoms with Gasteiger partial charge in [-0.2, -0.15) is 0 Å². The van der Waals surface area contributed by atoms with Crippen LogP contribution in [0.3, 0.4) is 0 Å². The summed E-state index contributed by atoms with van der Waals surface area (Å²) >= 11 is 6.08. The summed E-state index contributed by atoms with van der Waals surface area (Å²) in [6, 6.07) is 8.77. The fourth-order valence-electron chi connectivity index (χ4n) is 1.93. The molecular formula is C16H17ClN2O3. The summed E-state index contributed by atoms with van der Waals surface area (Å²) in [5, 5.41) is 3.26. The van der Waals surface area contributed by atoms with Crippen LogP contribution in [0.2, 0.25) is 5.02 Å². The van der Waals surface area contributed by atoms with Gasteiger partial charge in [-0.1, -0.05) is 17.7 Å². The topological polar surface area (TPSA) is 62.6 Å². The molecule has 2 amide bonds. The molecule has 1 aromatic carbocycles. The van der Waals surface area contributed by atoms with E-state index >= 15 is 0 Å². The maximum absolute atomic E-state index is 12.0. The minimum absolute atomic E-state index is 0.0740. The first kappa shape index (κ1) is 16.1. The molecule has 0 unspecified atom stereocenters. The predicted molar refractivity (Wildman–Crippen MR) is 84.8 cm³/mol. The minimum atomic E-state index is -0.275. The Morgan fingerprint density at radius 1 is 1.32 bits per heavy atom. The molecule has 0 atom stereocenters. The quantitative estimate of drug-likeness (QED) is 0.921. The second kappa shape index (κ2) is 7.13. The van der Waals surface area contributed by atoms with E-state index in [1.165, 1.54) is 18.1 Å². The van der Waals surface area contributed by atoms with Crippen LogP contribution in [0.15, 0.2) is 41.0 Å². The van der Waals surface area contributed by atoms with Crippen molar-refractivity contribution >= 4 is 29.1 Å². The Morgan fingerprint density at radius 3 is 2.68 bits per heavy atom. The van der Waals surface area contributed by atoms with E-state index in [1.54, 1.807) is 24.3 Å². The van der Waals surface area contributed by atoms with Crippen LogP contribution in [0, 0.1) is 6.92 Å². The van der Waals surface area contributed by atoms with Crippen LogP contribution >= 0.6 is 11.6 Å². The zero-order chi connectivity index (χ0) is 16.1. The van der Waals surface area contributed by atoms with Gasteiger partial charge in [-0.05, 0) is 36.8 Å². The summed E-state index contributed by atoms with van der Waals surface area (Å²) in [6.45, 7) is 3.50. The second-order valence-corrected chi connectivity index (χ2v) is 5.30. The monoisotopic (exact) mass is 320 g/mol. The molecule has 0 aliphatic carbocycles. The molecule has 1 aromatic heterocycles. The van der Waals surface area contributed by atoms with E-state index in [9.17, 15) is 9.59 Å². The van der Waals surface area contributed by atoms with Crippen molar-refractivity contribution in [3.05, 3.63) is 52.9 Å². The van der Waals surface area contributed by atoms with Crippen molar-refractivity contribution in [2.75, 3.05) is 11.4 Å². The van der Waals surface area contributed by atoms with Crippen LogP contribution in [0.4, 0.5) is 5.69 Å². The van der Waals surface area contributed by atoms with E-state index in [4.69, 9.17) is 16.0 Å². The number of carbonyl (C=O) groups is 2. The molecule has 0 spiro atoms. The Hall–Kier alpha value is -2.27. The van der Waals surface area contributed by atoms with Crippen molar-refractivity contribution in [3.63, 3.8) is 0 Å². The molecular weight excluding hydrogens is 304 g/mol. The zero-order valence-corrected chi connectivity index (χ0v) is 13.2. The van der Waals surface area contributed by atoms with Gasteiger partial charge in [0, 0.05) is 17.6 Å². The lowest BCUT2D eigenvalue weighted by Crippen LogP contribution is -2.39. The van der Waals surface area contributed by atoms with Crippen molar-refractivity contribution < 1.29 is 14.0 Å². The van der Waals surface area contributed by atoms with E-state index in [1.807, 2.05) is 13.0 Å². The lowest BCUT2D eigenvalue weighted by Gasteiger charge is -2.21. The Morgan fingerprint density at radius 2 is 2.09 bits per heavy atom. The molecule has 0 bridgehead atoms. The molecule has 116 valence electrons. The molecule has 0 radical (unpaired) electrons. The number of nitrogens with one attached hydrogen (secondary N) is 1. The van der Waals surface area contributed by atoms with Crippen LogP contribution < -0.4 is 10.2 Å². The van der Waals surface area contributed by atoms with Gasteiger partial charge in [-0.3, -0.25) is 9.59 Å². The van der Waals surface area contributed by atoms with E-state index < -0.39 is 0 Å². The van der Waals surface area contributed by atoms with E-state index in [-0.39, 0.29) is 24.9 Å². The third-order valence-corrected chi connectivity index (χ3v) is 3.60. The first-order valence-corrected chi connectivity index (χ1v) is 7.18. The highest BCUT2D eigenvalue weighted by Crippen LogP contribution is 2.23. The van der Waals surface area contributed by atoms with Gasteiger partial charge >= 0.3 is 0 Å². The number of furan rings is 1. The number of nitrogens with zero attached hydrogens (tertiary/aromatic N) is 1. The lowest BCUT2D eigenvalue weighted by molar-refractivity contribution is -0.123.